The van der Waals surface area contributed by atoms with Crippen molar-refractivity contribution in [2.24, 2.45) is 0 Å². The first-order valence-electron chi connectivity index (χ1n) is 25.5. The van der Waals surface area contributed by atoms with E-state index in [4.69, 9.17) is 0 Å². The molecule has 6 amide bonds. The van der Waals surface area contributed by atoms with Crippen molar-refractivity contribution < 1.29 is 28.8 Å². The highest BCUT2D eigenvalue weighted by Crippen LogP contribution is 2.41. The summed E-state index contributed by atoms with van der Waals surface area (Å²) in [7, 11) is 7.96. The second-order valence-corrected chi connectivity index (χ2v) is 24.8. The SMILES string of the molecule is O=C(CCCC[C@@H]1CCSS1)NCCCN1CCN(CCCN2C(=O)c3ccc4c5c(ccc(c35)C2=O)C(=O)N(CCCN2CCN(CCCNC(=O)CCCC[C@@H]3CCSS3)CC2)C4=O)CC1. The van der Waals surface area contributed by atoms with Crippen LogP contribution in [0.4, 0.5) is 0 Å². The van der Waals surface area contributed by atoms with Gasteiger partial charge in [-0.05, 0) is 115 Å². The van der Waals surface area contributed by atoms with E-state index in [2.05, 4.69) is 30.2 Å². The fourth-order valence-electron chi connectivity index (χ4n) is 10.4. The van der Waals surface area contributed by atoms with Crippen LogP contribution in [0, 0.1) is 0 Å². The van der Waals surface area contributed by atoms with Crippen LogP contribution in [0.2, 0.25) is 0 Å². The average molecular weight is 1010 g/mol. The van der Waals surface area contributed by atoms with E-state index in [9.17, 15) is 28.8 Å². The van der Waals surface area contributed by atoms with Crippen molar-refractivity contribution in [3.63, 3.8) is 0 Å². The number of hydrogen-bond acceptors (Lipinski definition) is 14. The fraction of sp³-hybridized carbons (Fsp3) is 0.680. The Morgan fingerprint density at radius 1 is 0.456 bits per heavy atom. The summed E-state index contributed by atoms with van der Waals surface area (Å²) < 4.78 is 0. The van der Waals surface area contributed by atoms with E-state index < -0.39 is 0 Å². The quantitative estimate of drug-likeness (QED) is 0.0602. The summed E-state index contributed by atoms with van der Waals surface area (Å²) in [5.74, 6) is 1.32. The van der Waals surface area contributed by atoms with Crippen molar-refractivity contribution in [2.75, 3.05) is 116 Å². The molecule has 372 valence electrons. The third-order valence-corrected chi connectivity index (χ3v) is 20.5. The van der Waals surface area contributed by atoms with Crippen LogP contribution in [-0.4, -0.2) is 192 Å². The van der Waals surface area contributed by atoms with Crippen molar-refractivity contribution in [1.29, 1.82) is 0 Å². The van der Waals surface area contributed by atoms with Gasteiger partial charge in [-0.1, -0.05) is 56.0 Å². The van der Waals surface area contributed by atoms with Crippen LogP contribution >= 0.6 is 43.2 Å². The molecule has 0 aromatic heterocycles. The van der Waals surface area contributed by atoms with Gasteiger partial charge in [-0.15, -0.1) is 0 Å². The van der Waals surface area contributed by atoms with Crippen molar-refractivity contribution in [3.05, 3.63) is 46.5 Å². The van der Waals surface area contributed by atoms with Crippen LogP contribution in [0.5, 0.6) is 0 Å². The minimum atomic E-state index is -0.381. The summed E-state index contributed by atoms with van der Waals surface area (Å²) in [6, 6.07) is 6.63. The van der Waals surface area contributed by atoms with Gasteiger partial charge in [0.2, 0.25) is 11.8 Å². The lowest BCUT2D eigenvalue weighted by Crippen LogP contribution is -2.48. The number of amides is 6. The Kier molecular flexibility index (Phi) is 19.7. The number of carbonyl (C=O) groups excluding carboxylic acids is 6. The third-order valence-electron chi connectivity index (χ3n) is 14.5. The van der Waals surface area contributed by atoms with Crippen LogP contribution in [0.3, 0.4) is 0 Å². The monoisotopic (exact) mass is 1010 g/mol. The molecule has 0 spiro atoms. The highest BCUT2D eigenvalue weighted by Gasteiger charge is 2.39. The van der Waals surface area contributed by atoms with Gasteiger partial charge < -0.3 is 30.2 Å². The predicted molar refractivity (Wildman–Crippen MR) is 279 cm³/mol. The van der Waals surface area contributed by atoms with E-state index in [1.54, 1.807) is 24.3 Å². The molecule has 4 fully saturated rings. The van der Waals surface area contributed by atoms with Gasteiger partial charge >= 0.3 is 0 Å². The van der Waals surface area contributed by atoms with E-state index in [1.165, 1.54) is 47.0 Å². The van der Waals surface area contributed by atoms with Gasteiger partial charge in [-0.25, -0.2) is 0 Å². The number of unbranched alkanes of at least 4 members (excludes halogenated alkanes) is 2. The average Bonchev–Trinajstić information content (AvgIpc) is 4.09. The number of hydrogen-bond donors (Lipinski definition) is 2. The zero-order valence-corrected chi connectivity index (χ0v) is 43.1. The summed E-state index contributed by atoms with van der Waals surface area (Å²) in [5, 5.41) is 8.58. The summed E-state index contributed by atoms with van der Waals surface area (Å²) in [4.78, 5) is 92.5. The molecule has 0 radical (unpaired) electrons. The number of nitrogens with zero attached hydrogens (tertiary/aromatic N) is 6. The molecule has 14 nitrogen and oxygen atoms in total. The molecular weight excluding hydrogens is 937 g/mol. The molecule has 2 aromatic rings. The molecule has 2 N–H and O–H groups in total. The summed E-state index contributed by atoms with van der Waals surface area (Å²) in [6.07, 6.45) is 13.7. The van der Waals surface area contributed by atoms with Crippen LogP contribution in [0.1, 0.15) is 131 Å². The zero-order valence-electron chi connectivity index (χ0n) is 39.9. The van der Waals surface area contributed by atoms with Gasteiger partial charge in [0.15, 0.2) is 0 Å². The Morgan fingerprint density at radius 2 is 0.794 bits per heavy atom. The molecule has 0 aliphatic carbocycles. The lowest BCUT2D eigenvalue weighted by atomic mass is 9.86. The van der Waals surface area contributed by atoms with Crippen LogP contribution in [0.15, 0.2) is 24.3 Å². The van der Waals surface area contributed by atoms with Gasteiger partial charge in [-0.2, -0.15) is 0 Å². The first kappa shape index (κ1) is 51.5. The molecule has 68 heavy (non-hydrogen) atoms. The molecule has 0 bridgehead atoms. The maximum atomic E-state index is 13.9. The van der Waals surface area contributed by atoms with Crippen molar-refractivity contribution in [1.82, 2.24) is 40.0 Å². The van der Waals surface area contributed by atoms with E-state index in [1.807, 2.05) is 43.2 Å². The van der Waals surface area contributed by atoms with Crippen LogP contribution in [-0.2, 0) is 9.59 Å². The molecule has 4 saturated heterocycles. The van der Waals surface area contributed by atoms with E-state index in [0.29, 0.717) is 84.9 Å². The Balaban J connectivity index is 0.707. The maximum Gasteiger partial charge on any atom is 0.261 e. The topological polar surface area (TPSA) is 146 Å². The smallest absolute Gasteiger partial charge is 0.261 e. The summed E-state index contributed by atoms with van der Waals surface area (Å²) in [5.41, 5.74) is 1.44. The molecule has 0 unspecified atom stereocenters. The van der Waals surface area contributed by atoms with Crippen LogP contribution in [0.25, 0.3) is 10.8 Å². The normalized spacial score (nSPS) is 21.7. The van der Waals surface area contributed by atoms with Crippen molar-refractivity contribution in [3.8, 4) is 0 Å². The van der Waals surface area contributed by atoms with Crippen LogP contribution < -0.4 is 10.6 Å². The molecule has 6 heterocycles. The fourth-order valence-corrected chi connectivity index (χ4v) is 16.5. The number of nitrogens with one attached hydrogen (secondary N) is 2. The Bertz CT molecular complexity index is 1870. The first-order chi connectivity index (χ1) is 33.2. The van der Waals surface area contributed by atoms with Crippen molar-refractivity contribution in [2.45, 2.75) is 100 Å². The lowest BCUT2D eigenvalue weighted by Gasteiger charge is -2.36. The van der Waals surface area contributed by atoms with E-state index in [0.717, 1.165) is 128 Å². The van der Waals surface area contributed by atoms with Gasteiger partial charge in [0.25, 0.3) is 23.6 Å². The summed E-state index contributed by atoms with van der Waals surface area (Å²) in [6.45, 7) is 12.9. The zero-order chi connectivity index (χ0) is 47.2. The number of benzene rings is 2. The maximum absolute atomic E-state index is 13.9. The predicted octanol–water partition coefficient (Wildman–Crippen LogP) is 6.49. The number of imide groups is 2. The van der Waals surface area contributed by atoms with Gasteiger partial charge in [0.05, 0.1) is 0 Å². The highest BCUT2D eigenvalue weighted by atomic mass is 33.1. The molecule has 2 atom stereocenters. The number of carbonyl (C=O) groups is 6. The number of piperazine rings is 2. The molecule has 2 aromatic carbocycles. The second-order valence-electron chi connectivity index (χ2n) is 19.2. The van der Waals surface area contributed by atoms with Crippen molar-refractivity contribution >= 4 is 89.4 Å². The molecule has 8 rings (SSSR count). The van der Waals surface area contributed by atoms with Gasteiger partial charge in [-0.3, -0.25) is 38.6 Å². The Hall–Kier alpha value is -2.84. The van der Waals surface area contributed by atoms with E-state index >= 15 is 0 Å². The largest absolute Gasteiger partial charge is 0.356 e. The molecule has 0 saturated carbocycles. The summed E-state index contributed by atoms with van der Waals surface area (Å²) >= 11 is 0. The Morgan fingerprint density at radius 3 is 1.12 bits per heavy atom. The van der Waals surface area contributed by atoms with E-state index in [-0.39, 0.29) is 35.4 Å². The minimum absolute atomic E-state index is 0.165. The molecular formula is C50H72N8O6S4. The van der Waals surface area contributed by atoms with Gasteiger partial charge in [0, 0.05) is 146 Å². The lowest BCUT2D eigenvalue weighted by molar-refractivity contribution is -0.122. The molecule has 6 aliphatic rings. The first-order valence-corrected chi connectivity index (χ1v) is 30.3. The number of rotatable bonds is 26. The standard InChI is InChI=1S/C50H72N8O6S4/c59-43(11-3-1-9-37-17-35-65-67-37)51-19-5-21-53-27-31-55(32-28-53)23-7-25-57-47(61)39-13-15-41-46-42(16-14-40(45(39)46)48(57)62)50(64)58(49(41)63)26-8-24-56-33-29-54(30-34-56)22-6-20-52-44(60)12-4-2-10-38-18-36-66-68-38/h13-16,37-38H,1-12,17-36H2,(H,51,59)(H,52,60)/t37-,38-/m1/s1. The van der Waals surface area contributed by atoms with Gasteiger partial charge in [0.1, 0.15) is 0 Å². The second kappa shape index (κ2) is 26.0. The molecule has 6 aliphatic heterocycles. The highest BCUT2D eigenvalue weighted by molar-refractivity contribution is 8.77. The minimum Gasteiger partial charge on any atom is -0.356 e. The third kappa shape index (κ3) is 13.8. The Labute approximate surface area is 419 Å². The molecule has 18 heteroatoms.